The number of aromatic nitrogens is 2. The summed E-state index contributed by atoms with van der Waals surface area (Å²) < 4.78 is 25.5. The van der Waals surface area contributed by atoms with E-state index < -0.39 is 9.84 Å². The van der Waals surface area contributed by atoms with Crippen LogP contribution in [-0.4, -0.2) is 35.6 Å². The second kappa shape index (κ2) is 6.82. The highest BCUT2D eigenvalue weighted by Crippen LogP contribution is 2.31. The van der Waals surface area contributed by atoms with Gasteiger partial charge in [-0.25, -0.2) is 8.42 Å². The molecule has 1 saturated heterocycles. The topological polar surface area (TPSA) is 105 Å². The first kappa shape index (κ1) is 17.7. The van der Waals surface area contributed by atoms with Gasteiger partial charge in [-0.15, -0.1) is 0 Å². The van der Waals surface area contributed by atoms with Crippen LogP contribution in [0.25, 0.3) is 0 Å². The van der Waals surface area contributed by atoms with Crippen LogP contribution in [0.4, 0.5) is 5.69 Å². The van der Waals surface area contributed by atoms with E-state index in [4.69, 9.17) is 0 Å². The quantitative estimate of drug-likeness (QED) is 0.874. The molecule has 0 radical (unpaired) electrons. The summed E-state index contributed by atoms with van der Waals surface area (Å²) >= 11 is 0. The predicted octanol–water partition coefficient (Wildman–Crippen LogP) is 2.25. The number of benzene rings is 1. The van der Waals surface area contributed by atoms with Gasteiger partial charge in [-0.05, 0) is 44.2 Å². The number of para-hydroxylation sites is 1. The van der Waals surface area contributed by atoms with Gasteiger partial charge in [-0.1, -0.05) is 12.1 Å². The molecule has 7 nitrogen and oxygen atoms in total. The van der Waals surface area contributed by atoms with Crippen molar-refractivity contribution in [3.8, 4) is 6.07 Å². The summed E-state index contributed by atoms with van der Waals surface area (Å²) in [5.74, 6) is -0.0986. The number of carbonyl (C=O) groups excluding carboxylic acids is 1. The van der Waals surface area contributed by atoms with E-state index in [1.54, 1.807) is 28.9 Å². The minimum atomic E-state index is -3.04. The fourth-order valence-electron chi connectivity index (χ4n) is 3.95. The van der Waals surface area contributed by atoms with Gasteiger partial charge < -0.3 is 5.32 Å². The van der Waals surface area contributed by atoms with Crippen molar-refractivity contribution in [2.75, 3.05) is 16.8 Å². The molecule has 8 heteroatoms. The highest BCUT2D eigenvalue weighted by atomic mass is 32.2. The first-order valence-corrected chi connectivity index (χ1v) is 10.9. The molecule has 2 aromatic rings. The highest BCUT2D eigenvalue weighted by molar-refractivity contribution is 7.91. The summed E-state index contributed by atoms with van der Waals surface area (Å²) in [6, 6.07) is 8.70. The zero-order chi connectivity index (χ0) is 19.0. The van der Waals surface area contributed by atoms with Gasteiger partial charge in [0.15, 0.2) is 15.5 Å². The third-order valence-electron chi connectivity index (χ3n) is 5.27. The lowest BCUT2D eigenvalue weighted by molar-refractivity contribution is 0.102. The lowest BCUT2D eigenvalue weighted by Crippen LogP contribution is -2.17. The van der Waals surface area contributed by atoms with Crippen molar-refractivity contribution in [1.29, 1.82) is 5.26 Å². The number of sulfone groups is 1. The van der Waals surface area contributed by atoms with Gasteiger partial charge in [0.2, 0.25) is 0 Å². The second-order valence-electron chi connectivity index (χ2n) is 7.09. The number of nitriles is 1. The van der Waals surface area contributed by atoms with E-state index in [1.807, 2.05) is 0 Å². The molecule has 1 aromatic heterocycles. The van der Waals surface area contributed by atoms with E-state index in [0.717, 1.165) is 36.9 Å². The van der Waals surface area contributed by atoms with Gasteiger partial charge in [0.1, 0.15) is 6.07 Å². The van der Waals surface area contributed by atoms with Gasteiger partial charge >= 0.3 is 0 Å². The summed E-state index contributed by atoms with van der Waals surface area (Å²) in [6.07, 6.45) is 4.10. The summed E-state index contributed by atoms with van der Waals surface area (Å²) in [4.78, 5) is 12.9. The van der Waals surface area contributed by atoms with Gasteiger partial charge in [-0.3, -0.25) is 9.48 Å². The molecule has 140 valence electrons. The van der Waals surface area contributed by atoms with Gasteiger partial charge in [0.25, 0.3) is 5.91 Å². The van der Waals surface area contributed by atoms with Crippen LogP contribution >= 0.6 is 0 Å². The monoisotopic (exact) mass is 384 g/mol. The Morgan fingerprint density at radius 2 is 2.04 bits per heavy atom. The van der Waals surface area contributed by atoms with Crippen molar-refractivity contribution in [3.63, 3.8) is 0 Å². The SMILES string of the molecule is N#Cc1ccccc1NC(=O)c1nn([C@H]2CCS(=O)(=O)C2)c2c1CCCC2. The maximum atomic E-state index is 12.9. The van der Waals surface area contributed by atoms with Gasteiger partial charge in [0.05, 0.1) is 28.8 Å². The van der Waals surface area contributed by atoms with Gasteiger partial charge in [0, 0.05) is 11.3 Å². The molecule has 2 heterocycles. The molecule has 1 aliphatic heterocycles. The van der Waals surface area contributed by atoms with E-state index in [-0.39, 0.29) is 23.5 Å². The third kappa shape index (κ3) is 3.35. The van der Waals surface area contributed by atoms with E-state index in [2.05, 4.69) is 16.5 Å². The Labute approximate surface area is 157 Å². The van der Waals surface area contributed by atoms with Crippen molar-refractivity contribution in [1.82, 2.24) is 9.78 Å². The summed E-state index contributed by atoms with van der Waals surface area (Å²) in [5, 5.41) is 16.6. The second-order valence-corrected chi connectivity index (χ2v) is 9.32. The van der Waals surface area contributed by atoms with Gasteiger partial charge in [-0.2, -0.15) is 10.4 Å². The van der Waals surface area contributed by atoms with Crippen molar-refractivity contribution < 1.29 is 13.2 Å². The van der Waals surface area contributed by atoms with Crippen LogP contribution in [0.15, 0.2) is 24.3 Å². The first-order chi connectivity index (χ1) is 13.0. The molecule has 1 aliphatic carbocycles. The molecule has 1 fully saturated rings. The third-order valence-corrected chi connectivity index (χ3v) is 7.02. The van der Waals surface area contributed by atoms with Crippen LogP contribution in [0.2, 0.25) is 0 Å². The molecular weight excluding hydrogens is 364 g/mol. The van der Waals surface area contributed by atoms with Crippen LogP contribution in [0.5, 0.6) is 0 Å². The van der Waals surface area contributed by atoms with Crippen molar-refractivity contribution >= 4 is 21.4 Å². The number of nitrogens with zero attached hydrogens (tertiary/aromatic N) is 3. The minimum absolute atomic E-state index is 0.0828. The minimum Gasteiger partial charge on any atom is -0.319 e. The number of hydrogen-bond acceptors (Lipinski definition) is 5. The average Bonchev–Trinajstić information content (AvgIpc) is 3.22. The number of carbonyl (C=O) groups is 1. The fourth-order valence-corrected chi connectivity index (χ4v) is 5.64. The molecule has 0 saturated carbocycles. The maximum absolute atomic E-state index is 12.9. The Bertz CT molecular complexity index is 1050. The molecule has 0 spiro atoms. The Hall–Kier alpha value is -2.66. The zero-order valence-corrected chi connectivity index (χ0v) is 15.6. The Morgan fingerprint density at radius 1 is 1.26 bits per heavy atom. The molecule has 1 aromatic carbocycles. The van der Waals surface area contributed by atoms with Crippen LogP contribution in [0, 0.1) is 11.3 Å². The molecule has 27 heavy (non-hydrogen) atoms. The average molecular weight is 384 g/mol. The highest BCUT2D eigenvalue weighted by Gasteiger charge is 2.34. The largest absolute Gasteiger partial charge is 0.319 e. The number of nitrogens with one attached hydrogen (secondary N) is 1. The molecule has 0 bridgehead atoms. The standard InChI is InChI=1S/C19H20N4O3S/c20-11-13-5-1-3-7-16(13)21-19(24)18-15-6-2-4-8-17(15)23(22-18)14-9-10-27(25,26)12-14/h1,3,5,7,14H,2,4,6,8-10,12H2,(H,21,24)/t14-/m0/s1. The molecule has 1 atom stereocenters. The number of amides is 1. The fraction of sp³-hybridized carbons (Fsp3) is 0.421. The van der Waals surface area contributed by atoms with E-state index in [9.17, 15) is 18.5 Å². The first-order valence-electron chi connectivity index (χ1n) is 9.09. The van der Waals surface area contributed by atoms with Crippen LogP contribution in [-0.2, 0) is 22.7 Å². The molecule has 1 N–H and O–H groups in total. The molecular formula is C19H20N4O3S. The number of anilines is 1. The Morgan fingerprint density at radius 3 is 2.78 bits per heavy atom. The van der Waals surface area contributed by atoms with Crippen molar-refractivity contribution in [2.24, 2.45) is 0 Å². The molecule has 1 amide bonds. The Kier molecular flexibility index (Phi) is 4.48. The number of fused-ring (bicyclic) bond motifs is 1. The normalized spacial score (nSPS) is 20.6. The van der Waals surface area contributed by atoms with E-state index >= 15 is 0 Å². The summed E-state index contributed by atoms with van der Waals surface area (Å²) in [6.45, 7) is 0. The summed E-state index contributed by atoms with van der Waals surface area (Å²) in [5.41, 5.74) is 3.09. The smallest absolute Gasteiger partial charge is 0.276 e. The number of hydrogen-bond donors (Lipinski definition) is 1. The Balaban J connectivity index is 1.69. The molecule has 4 rings (SSSR count). The maximum Gasteiger partial charge on any atom is 0.276 e. The lowest BCUT2D eigenvalue weighted by Gasteiger charge is -2.17. The van der Waals surface area contributed by atoms with Crippen LogP contribution in [0.1, 0.15) is 52.6 Å². The van der Waals surface area contributed by atoms with E-state index in [0.29, 0.717) is 23.4 Å². The van der Waals surface area contributed by atoms with E-state index in [1.165, 1.54) is 0 Å². The zero-order valence-electron chi connectivity index (χ0n) is 14.8. The van der Waals surface area contributed by atoms with Crippen LogP contribution in [0.3, 0.4) is 0 Å². The lowest BCUT2D eigenvalue weighted by atomic mass is 9.95. The predicted molar refractivity (Wildman–Crippen MR) is 100 cm³/mol. The van der Waals surface area contributed by atoms with Crippen molar-refractivity contribution in [2.45, 2.75) is 38.1 Å². The van der Waals surface area contributed by atoms with Crippen LogP contribution < -0.4 is 5.32 Å². The van der Waals surface area contributed by atoms with Crippen molar-refractivity contribution in [3.05, 3.63) is 46.8 Å². The summed E-state index contributed by atoms with van der Waals surface area (Å²) in [7, 11) is -3.04. The number of rotatable bonds is 3. The molecule has 0 unspecified atom stereocenters. The molecule has 2 aliphatic rings.